The van der Waals surface area contributed by atoms with Gasteiger partial charge in [0.15, 0.2) is 5.69 Å². The average Bonchev–Trinajstić information content (AvgIpc) is 3.15. The van der Waals surface area contributed by atoms with Crippen molar-refractivity contribution in [3.63, 3.8) is 0 Å². The highest BCUT2D eigenvalue weighted by atomic mass is 35.5. The molecule has 0 spiro atoms. The maximum absolute atomic E-state index is 12.4. The Morgan fingerprint density at radius 1 is 1.19 bits per heavy atom. The van der Waals surface area contributed by atoms with Gasteiger partial charge in [0.25, 0.3) is 5.91 Å². The lowest BCUT2D eigenvalue weighted by molar-refractivity contribution is 0.0657. The molecule has 0 aliphatic heterocycles. The number of rotatable bonds is 7. The van der Waals surface area contributed by atoms with Gasteiger partial charge in [0, 0.05) is 6.54 Å². The Morgan fingerprint density at radius 3 is 2.74 bits per heavy atom. The number of nitrogens with one attached hydrogen (secondary N) is 1. The van der Waals surface area contributed by atoms with Gasteiger partial charge in [0.1, 0.15) is 0 Å². The van der Waals surface area contributed by atoms with Crippen LogP contribution in [-0.4, -0.2) is 27.0 Å². The van der Waals surface area contributed by atoms with Gasteiger partial charge in [-0.3, -0.25) is 4.79 Å². The molecule has 0 aliphatic carbocycles. The summed E-state index contributed by atoms with van der Waals surface area (Å²) in [6, 6.07) is 15.2. The summed E-state index contributed by atoms with van der Waals surface area (Å²) in [4.78, 5) is 12.4. The SMILES string of the molecule is CC(C)OCc1cccc(CNC(=O)c2cn(-c3ccccc3Cl)nn2)c1. The first kappa shape index (κ1) is 19.1. The van der Waals surface area contributed by atoms with E-state index in [1.807, 2.05) is 56.3 Å². The number of ether oxygens (including phenoxy) is 1. The van der Waals surface area contributed by atoms with Gasteiger partial charge in [-0.2, -0.15) is 0 Å². The third-order valence-corrected chi connectivity index (χ3v) is 4.17. The van der Waals surface area contributed by atoms with Gasteiger partial charge in [-0.15, -0.1) is 5.10 Å². The lowest BCUT2D eigenvalue weighted by Crippen LogP contribution is -2.23. The Hall–Kier alpha value is -2.70. The van der Waals surface area contributed by atoms with E-state index >= 15 is 0 Å². The molecule has 1 heterocycles. The normalized spacial score (nSPS) is 11.0. The first-order valence-corrected chi connectivity index (χ1v) is 9.05. The number of benzene rings is 2. The third kappa shape index (κ3) is 5.15. The molecule has 1 aromatic heterocycles. The molecule has 0 saturated carbocycles. The molecular weight excluding hydrogens is 364 g/mol. The lowest BCUT2D eigenvalue weighted by atomic mass is 10.1. The smallest absolute Gasteiger partial charge is 0.273 e. The molecular formula is C20H21ClN4O2. The molecule has 1 amide bonds. The van der Waals surface area contributed by atoms with Crippen LogP contribution >= 0.6 is 11.6 Å². The fraction of sp³-hybridized carbons (Fsp3) is 0.250. The predicted molar refractivity (Wildman–Crippen MR) is 104 cm³/mol. The van der Waals surface area contributed by atoms with Crippen molar-refractivity contribution in [2.75, 3.05) is 0 Å². The molecule has 0 saturated heterocycles. The van der Waals surface area contributed by atoms with Crippen molar-refractivity contribution < 1.29 is 9.53 Å². The second-order valence-corrected chi connectivity index (χ2v) is 6.77. The van der Waals surface area contributed by atoms with Crippen LogP contribution in [0.3, 0.4) is 0 Å². The molecule has 1 N–H and O–H groups in total. The summed E-state index contributed by atoms with van der Waals surface area (Å²) >= 11 is 6.15. The minimum absolute atomic E-state index is 0.175. The Balaban J connectivity index is 1.62. The largest absolute Gasteiger partial charge is 0.374 e. The van der Waals surface area contributed by atoms with E-state index in [0.29, 0.717) is 23.9 Å². The highest BCUT2D eigenvalue weighted by Gasteiger charge is 2.12. The molecule has 0 fully saturated rings. The Morgan fingerprint density at radius 2 is 1.96 bits per heavy atom. The van der Waals surface area contributed by atoms with Gasteiger partial charge in [-0.25, -0.2) is 4.68 Å². The van der Waals surface area contributed by atoms with E-state index in [1.165, 1.54) is 4.68 Å². The van der Waals surface area contributed by atoms with Crippen LogP contribution in [0.4, 0.5) is 0 Å². The maximum Gasteiger partial charge on any atom is 0.273 e. The van der Waals surface area contributed by atoms with E-state index in [1.54, 1.807) is 12.3 Å². The number of carbonyl (C=O) groups excluding carboxylic acids is 1. The van der Waals surface area contributed by atoms with Crippen LogP contribution < -0.4 is 5.32 Å². The quantitative estimate of drug-likeness (QED) is 0.673. The highest BCUT2D eigenvalue weighted by Crippen LogP contribution is 2.18. The first-order valence-electron chi connectivity index (χ1n) is 8.68. The number of carbonyl (C=O) groups is 1. The van der Waals surface area contributed by atoms with Crippen molar-refractivity contribution in [2.24, 2.45) is 0 Å². The molecule has 0 bridgehead atoms. The fourth-order valence-electron chi connectivity index (χ4n) is 2.49. The summed E-state index contributed by atoms with van der Waals surface area (Å²) in [5, 5.41) is 11.3. The van der Waals surface area contributed by atoms with E-state index in [9.17, 15) is 4.79 Å². The van der Waals surface area contributed by atoms with Gasteiger partial charge >= 0.3 is 0 Å². The third-order valence-electron chi connectivity index (χ3n) is 3.85. The van der Waals surface area contributed by atoms with Crippen LogP contribution in [0.25, 0.3) is 5.69 Å². The molecule has 0 unspecified atom stereocenters. The predicted octanol–water partition coefficient (Wildman–Crippen LogP) is 3.78. The first-order chi connectivity index (χ1) is 13.0. The molecule has 0 radical (unpaired) electrons. The van der Waals surface area contributed by atoms with Gasteiger partial charge in [0.2, 0.25) is 0 Å². The number of para-hydroxylation sites is 1. The number of halogens is 1. The highest BCUT2D eigenvalue weighted by molar-refractivity contribution is 6.32. The number of amides is 1. The molecule has 6 nitrogen and oxygen atoms in total. The fourth-order valence-corrected chi connectivity index (χ4v) is 2.71. The van der Waals surface area contributed by atoms with Crippen molar-refractivity contribution in [1.82, 2.24) is 20.3 Å². The van der Waals surface area contributed by atoms with Crippen LogP contribution in [0, 0.1) is 0 Å². The molecule has 0 atom stereocenters. The Kier molecular flexibility index (Phi) is 6.21. The zero-order valence-corrected chi connectivity index (χ0v) is 16.0. The summed E-state index contributed by atoms with van der Waals surface area (Å²) in [7, 11) is 0. The van der Waals surface area contributed by atoms with E-state index in [0.717, 1.165) is 11.1 Å². The van der Waals surface area contributed by atoms with Crippen LogP contribution in [0.2, 0.25) is 5.02 Å². The average molecular weight is 385 g/mol. The van der Waals surface area contributed by atoms with Gasteiger partial charge in [0.05, 0.1) is 29.6 Å². The zero-order chi connectivity index (χ0) is 19.2. The molecule has 0 aliphatic rings. The minimum atomic E-state index is -0.294. The van der Waals surface area contributed by atoms with E-state index in [4.69, 9.17) is 16.3 Å². The minimum Gasteiger partial charge on any atom is -0.374 e. The molecule has 140 valence electrons. The van der Waals surface area contributed by atoms with Crippen LogP contribution in [-0.2, 0) is 17.9 Å². The zero-order valence-electron chi connectivity index (χ0n) is 15.2. The second-order valence-electron chi connectivity index (χ2n) is 6.36. The van der Waals surface area contributed by atoms with Crippen molar-refractivity contribution in [1.29, 1.82) is 0 Å². The van der Waals surface area contributed by atoms with Gasteiger partial charge in [-0.1, -0.05) is 53.2 Å². The summed E-state index contributed by atoms with van der Waals surface area (Å²) in [6.45, 7) is 4.94. The number of hydrogen-bond donors (Lipinski definition) is 1. The topological polar surface area (TPSA) is 69.0 Å². The van der Waals surface area contributed by atoms with Gasteiger partial charge < -0.3 is 10.1 Å². The van der Waals surface area contributed by atoms with Crippen molar-refractivity contribution in [3.8, 4) is 5.69 Å². The molecule has 27 heavy (non-hydrogen) atoms. The van der Waals surface area contributed by atoms with Crippen LogP contribution in [0.1, 0.15) is 35.5 Å². The monoisotopic (exact) mass is 384 g/mol. The molecule has 2 aromatic carbocycles. The van der Waals surface area contributed by atoms with Gasteiger partial charge in [-0.05, 0) is 37.1 Å². The summed E-state index contributed by atoms with van der Waals surface area (Å²) in [5.41, 5.74) is 2.96. The summed E-state index contributed by atoms with van der Waals surface area (Å²) in [5.74, 6) is -0.294. The Bertz CT molecular complexity index is 924. The molecule has 3 rings (SSSR count). The van der Waals surface area contributed by atoms with Crippen molar-refractivity contribution in [2.45, 2.75) is 33.1 Å². The van der Waals surface area contributed by atoms with Crippen molar-refractivity contribution in [3.05, 3.63) is 76.6 Å². The standard InChI is InChI=1S/C20H21ClN4O2/c1-14(2)27-13-16-7-5-6-15(10-16)11-22-20(26)18-12-25(24-23-18)19-9-4-3-8-17(19)21/h3-10,12,14H,11,13H2,1-2H3,(H,22,26). The molecule has 3 aromatic rings. The van der Waals surface area contributed by atoms with Crippen LogP contribution in [0.15, 0.2) is 54.7 Å². The second kappa shape index (κ2) is 8.79. The maximum atomic E-state index is 12.4. The molecule has 7 heteroatoms. The lowest BCUT2D eigenvalue weighted by Gasteiger charge is -2.09. The number of aromatic nitrogens is 3. The van der Waals surface area contributed by atoms with Crippen LogP contribution in [0.5, 0.6) is 0 Å². The van der Waals surface area contributed by atoms with E-state index < -0.39 is 0 Å². The van der Waals surface area contributed by atoms with E-state index in [2.05, 4.69) is 15.6 Å². The summed E-state index contributed by atoms with van der Waals surface area (Å²) < 4.78 is 7.10. The number of nitrogens with zero attached hydrogens (tertiary/aromatic N) is 3. The van der Waals surface area contributed by atoms with Crippen molar-refractivity contribution >= 4 is 17.5 Å². The van der Waals surface area contributed by atoms with E-state index in [-0.39, 0.29) is 17.7 Å². The number of hydrogen-bond acceptors (Lipinski definition) is 4. The Labute approximate surface area is 163 Å². The summed E-state index contributed by atoms with van der Waals surface area (Å²) in [6.07, 6.45) is 1.73.